The average Bonchev–Trinajstić information content (AvgIpc) is 3.24. The van der Waals surface area contributed by atoms with E-state index < -0.39 is 6.17 Å². The average molecular weight is 404 g/mol. The number of hydrogen-bond donors (Lipinski definition) is 2. The number of anilines is 1. The molecule has 0 saturated carbocycles. The minimum Gasteiger partial charge on any atom is -0.504 e. The van der Waals surface area contributed by atoms with E-state index in [1.165, 1.54) is 7.11 Å². The van der Waals surface area contributed by atoms with Gasteiger partial charge in [0.05, 0.1) is 12.7 Å². The maximum Gasteiger partial charge on any atom is 0.258 e. The Morgan fingerprint density at radius 1 is 1.10 bits per heavy atom. The molecule has 7 nitrogen and oxygen atoms in total. The third-order valence-electron chi connectivity index (χ3n) is 5.36. The van der Waals surface area contributed by atoms with Crippen molar-refractivity contribution in [1.29, 1.82) is 0 Å². The van der Waals surface area contributed by atoms with Crippen LogP contribution in [0.2, 0.25) is 0 Å². The summed E-state index contributed by atoms with van der Waals surface area (Å²) in [5, 5.41) is 14.1. The molecule has 1 amide bonds. The minimum atomic E-state index is -0.576. The van der Waals surface area contributed by atoms with Crippen molar-refractivity contribution in [2.75, 3.05) is 19.2 Å². The van der Waals surface area contributed by atoms with Crippen LogP contribution in [-0.2, 0) is 6.54 Å². The van der Waals surface area contributed by atoms with E-state index in [0.717, 1.165) is 11.3 Å². The molecule has 3 aromatic rings. The number of nitrogens with zero attached hydrogens (tertiary/aromatic N) is 1. The molecule has 2 aliphatic rings. The number of methoxy groups -OCH3 is 1. The molecule has 2 heterocycles. The molecule has 0 radical (unpaired) electrons. The van der Waals surface area contributed by atoms with Crippen LogP contribution in [-0.4, -0.2) is 29.8 Å². The quantitative estimate of drug-likeness (QED) is 0.687. The molecule has 3 aromatic carbocycles. The van der Waals surface area contributed by atoms with Gasteiger partial charge in [0, 0.05) is 17.8 Å². The van der Waals surface area contributed by atoms with Crippen LogP contribution in [0.3, 0.4) is 0 Å². The fourth-order valence-electron chi connectivity index (χ4n) is 3.86. The molecule has 30 heavy (non-hydrogen) atoms. The minimum absolute atomic E-state index is 0.000341. The van der Waals surface area contributed by atoms with Gasteiger partial charge >= 0.3 is 0 Å². The highest BCUT2D eigenvalue weighted by molar-refractivity contribution is 6.01. The first kappa shape index (κ1) is 18.2. The summed E-state index contributed by atoms with van der Waals surface area (Å²) in [6.45, 7) is 0.509. The van der Waals surface area contributed by atoms with E-state index in [1.54, 1.807) is 29.2 Å². The van der Waals surface area contributed by atoms with E-state index in [-0.39, 0.29) is 18.4 Å². The van der Waals surface area contributed by atoms with Gasteiger partial charge in [0.2, 0.25) is 6.79 Å². The van der Waals surface area contributed by atoms with Gasteiger partial charge in [-0.25, -0.2) is 0 Å². The van der Waals surface area contributed by atoms with Crippen LogP contribution < -0.4 is 19.5 Å². The second-order valence-corrected chi connectivity index (χ2v) is 7.11. The van der Waals surface area contributed by atoms with Crippen LogP contribution in [0.25, 0.3) is 0 Å². The number of carbonyl (C=O) groups is 1. The molecule has 0 saturated heterocycles. The first-order valence-corrected chi connectivity index (χ1v) is 9.56. The van der Waals surface area contributed by atoms with Gasteiger partial charge < -0.3 is 29.5 Å². The molecule has 0 unspecified atom stereocenters. The zero-order valence-corrected chi connectivity index (χ0v) is 16.3. The molecule has 1 atom stereocenters. The standard InChI is InChI=1S/C23H20N2O5/c1-28-19-8-4-6-16(21(19)26)22-24-17-7-3-2-5-15(17)23(27)25(22)12-14-9-10-18-20(11-14)30-13-29-18/h2-11,22,24,26H,12-13H2,1H3/t22-/m0/s1. The number of phenols is 1. The van der Waals surface area contributed by atoms with Crippen molar-refractivity contribution in [2.45, 2.75) is 12.7 Å². The predicted molar refractivity (Wildman–Crippen MR) is 110 cm³/mol. The number of benzene rings is 3. The number of phenolic OH excluding ortho intramolecular Hbond substituents is 1. The van der Waals surface area contributed by atoms with Crippen LogP contribution in [0, 0.1) is 0 Å². The summed E-state index contributed by atoms with van der Waals surface area (Å²) < 4.78 is 16.1. The molecule has 0 spiro atoms. The fraction of sp³-hybridized carbons (Fsp3) is 0.174. The summed E-state index contributed by atoms with van der Waals surface area (Å²) in [6.07, 6.45) is -0.576. The Morgan fingerprint density at radius 2 is 1.93 bits per heavy atom. The highest BCUT2D eigenvalue weighted by Crippen LogP contribution is 2.41. The highest BCUT2D eigenvalue weighted by atomic mass is 16.7. The lowest BCUT2D eigenvalue weighted by molar-refractivity contribution is 0.0664. The summed E-state index contributed by atoms with van der Waals surface area (Å²) in [5.74, 6) is 1.57. The third-order valence-corrected chi connectivity index (χ3v) is 5.36. The van der Waals surface area contributed by atoms with Gasteiger partial charge in [-0.05, 0) is 35.9 Å². The molecule has 5 rings (SSSR count). The molecular weight excluding hydrogens is 384 g/mol. The molecule has 2 aliphatic heterocycles. The highest BCUT2D eigenvalue weighted by Gasteiger charge is 2.35. The predicted octanol–water partition coefficient (Wildman–Crippen LogP) is 3.90. The van der Waals surface area contributed by atoms with Gasteiger partial charge in [-0.3, -0.25) is 4.79 Å². The number of nitrogens with one attached hydrogen (secondary N) is 1. The number of ether oxygens (including phenoxy) is 3. The van der Waals surface area contributed by atoms with E-state index >= 15 is 0 Å². The Labute approximate surface area is 173 Å². The van der Waals surface area contributed by atoms with Crippen LogP contribution in [0.15, 0.2) is 60.7 Å². The summed E-state index contributed by atoms with van der Waals surface area (Å²) in [4.78, 5) is 15.1. The fourth-order valence-corrected chi connectivity index (χ4v) is 3.86. The van der Waals surface area contributed by atoms with Gasteiger partial charge in [-0.2, -0.15) is 0 Å². The van der Waals surface area contributed by atoms with Gasteiger partial charge in [0.1, 0.15) is 6.17 Å². The number of para-hydroxylation sites is 2. The van der Waals surface area contributed by atoms with Crippen molar-refractivity contribution >= 4 is 11.6 Å². The number of fused-ring (bicyclic) bond motifs is 2. The number of amides is 1. The zero-order chi connectivity index (χ0) is 20.7. The smallest absolute Gasteiger partial charge is 0.258 e. The first-order valence-electron chi connectivity index (χ1n) is 9.56. The number of carbonyl (C=O) groups excluding carboxylic acids is 1. The van der Waals surface area contributed by atoms with Crippen molar-refractivity contribution in [1.82, 2.24) is 4.90 Å². The van der Waals surface area contributed by atoms with Gasteiger partial charge in [0.25, 0.3) is 5.91 Å². The Morgan fingerprint density at radius 3 is 2.80 bits per heavy atom. The summed E-state index contributed by atoms with van der Waals surface area (Å²) in [6, 6.07) is 18.2. The number of aromatic hydroxyl groups is 1. The Balaban J connectivity index is 1.57. The monoisotopic (exact) mass is 404 g/mol. The van der Waals surface area contributed by atoms with Crippen LogP contribution in [0.4, 0.5) is 5.69 Å². The second-order valence-electron chi connectivity index (χ2n) is 7.11. The van der Waals surface area contributed by atoms with Crippen molar-refractivity contribution in [3.05, 3.63) is 77.4 Å². The first-order chi connectivity index (χ1) is 14.7. The molecule has 2 N–H and O–H groups in total. The maximum absolute atomic E-state index is 13.4. The largest absolute Gasteiger partial charge is 0.504 e. The third kappa shape index (κ3) is 2.95. The summed E-state index contributed by atoms with van der Waals surface area (Å²) in [7, 11) is 1.50. The lowest BCUT2D eigenvalue weighted by Gasteiger charge is -2.38. The van der Waals surface area contributed by atoms with Gasteiger partial charge in [-0.15, -0.1) is 0 Å². The van der Waals surface area contributed by atoms with Crippen LogP contribution >= 0.6 is 0 Å². The summed E-state index contributed by atoms with van der Waals surface area (Å²) >= 11 is 0. The molecule has 152 valence electrons. The van der Waals surface area contributed by atoms with Crippen molar-refractivity contribution in [3.63, 3.8) is 0 Å². The molecule has 7 heteroatoms. The molecule has 0 aromatic heterocycles. The number of rotatable bonds is 4. The SMILES string of the molecule is COc1cccc([C@H]2Nc3ccccc3C(=O)N2Cc2ccc3c(c2)OCO3)c1O. The van der Waals surface area contributed by atoms with Crippen LogP contribution in [0.1, 0.15) is 27.7 Å². The van der Waals surface area contributed by atoms with Crippen molar-refractivity contribution in [2.24, 2.45) is 0 Å². The zero-order valence-electron chi connectivity index (χ0n) is 16.3. The van der Waals surface area contributed by atoms with Gasteiger partial charge in [0.15, 0.2) is 23.0 Å². The topological polar surface area (TPSA) is 80.3 Å². The van der Waals surface area contributed by atoms with Crippen molar-refractivity contribution < 1.29 is 24.1 Å². The molecule has 0 bridgehead atoms. The summed E-state index contributed by atoms with van der Waals surface area (Å²) in [5.41, 5.74) is 2.74. The van der Waals surface area contributed by atoms with E-state index in [1.807, 2.05) is 36.4 Å². The number of hydrogen-bond acceptors (Lipinski definition) is 6. The Bertz CT molecular complexity index is 1130. The Hall–Kier alpha value is -3.87. The molecule has 0 aliphatic carbocycles. The second kappa shape index (κ2) is 7.18. The maximum atomic E-state index is 13.4. The van der Waals surface area contributed by atoms with Gasteiger partial charge in [-0.1, -0.05) is 30.3 Å². The van der Waals surface area contributed by atoms with E-state index in [4.69, 9.17) is 14.2 Å². The Kier molecular flexibility index (Phi) is 4.35. The van der Waals surface area contributed by atoms with Crippen LogP contribution in [0.5, 0.6) is 23.0 Å². The lowest BCUT2D eigenvalue weighted by atomic mass is 10.0. The normalized spacial score (nSPS) is 16.8. The van der Waals surface area contributed by atoms with E-state index in [9.17, 15) is 9.90 Å². The molecular formula is C23H20N2O5. The van der Waals surface area contributed by atoms with Crippen molar-refractivity contribution in [3.8, 4) is 23.0 Å². The van der Waals surface area contributed by atoms with E-state index in [0.29, 0.717) is 34.9 Å². The molecule has 0 fully saturated rings. The van der Waals surface area contributed by atoms with E-state index in [2.05, 4.69) is 5.32 Å². The lowest BCUT2D eigenvalue weighted by Crippen LogP contribution is -2.42.